The Morgan fingerprint density at radius 3 is 2.41 bits per heavy atom. The molecule has 0 atom stereocenters. The van der Waals surface area contributed by atoms with Gasteiger partial charge >= 0.3 is 5.97 Å². The molecule has 2 rings (SSSR count). The van der Waals surface area contributed by atoms with Crippen molar-refractivity contribution >= 4 is 17.8 Å². The predicted octanol–water partition coefficient (Wildman–Crippen LogP) is 1.82. The number of nitrogens with one attached hydrogen (secondary N) is 1. The van der Waals surface area contributed by atoms with Gasteiger partial charge in [0.1, 0.15) is 5.75 Å². The summed E-state index contributed by atoms with van der Waals surface area (Å²) in [7, 11) is 0. The number of carbonyl (C=O) groups excluding carboxylic acids is 3. The van der Waals surface area contributed by atoms with Crippen molar-refractivity contribution in [3.63, 3.8) is 0 Å². The molecule has 0 bridgehead atoms. The van der Waals surface area contributed by atoms with E-state index in [1.54, 1.807) is 11.8 Å². The molecule has 7 heteroatoms. The SMILES string of the molecule is CCOC(=O)CCC(=O)NC1CCN(C(=O)COc2ccc(C)cc2)CC1. The predicted molar refractivity (Wildman–Crippen MR) is 100 cm³/mol. The third-order valence-electron chi connectivity index (χ3n) is 4.46. The van der Waals surface area contributed by atoms with E-state index < -0.39 is 0 Å². The summed E-state index contributed by atoms with van der Waals surface area (Å²) in [6.07, 6.45) is 1.61. The Hall–Kier alpha value is -2.57. The summed E-state index contributed by atoms with van der Waals surface area (Å²) in [4.78, 5) is 37.2. The van der Waals surface area contributed by atoms with E-state index >= 15 is 0 Å². The molecule has 0 aliphatic carbocycles. The van der Waals surface area contributed by atoms with Crippen LogP contribution in [0.1, 0.15) is 38.2 Å². The standard InChI is InChI=1S/C20H28N2O5/c1-3-26-20(25)9-8-18(23)21-16-10-12-22(13-11-16)19(24)14-27-17-6-4-15(2)5-7-17/h4-7,16H,3,8-14H2,1-2H3,(H,21,23). The zero-order valence-corrected chi connectivity index (χ0v) is 16.0. The molecular formula is C20H28N2O5. The Labute approximate surface area is 160 Å². The van der Waals surface area contributed by atoms with E-state index in [0.29, 0.717) is 38.3 Å². The number of likely N-dealkylation sites (tertiary alicyclic amines) is 1. The number of aryl methyl sites for hydroxylation is 1. The number of carbonyl (C=O) groups is 3. The summed E-state index contributed by atoms with van der Waals surface area (Å²) in [5.41, 5.74) is 1.14. The van der Waals surface area contributed by atoms with Crippen LogP contribution in [0.5, 0.6) is 5.75 Å². The Kier molecular flexibility index (Phi) is 8.10. The lowest BCUT2D eigenvalue weighted by Gasteiger charge is -2.32. The summed E-state index contributed by atoms with van der Waals surface area (Å²) in [5, 5.41) is 2.92. The van der Waals surface area contributed by atoms with Crippen LogP contribution in [0.15, 0.2) is 24.3 Å². The molecule has 1 saturated heterocycles. The first-order valence-corrected chi connectivity index (χ1v) is 9.40. The first-order valence-electron chi connectivity index (χ1n) is 9.40. The average molecular weight is 376 g/mol. The lowest BCUT2D eigenvalue weighted by Crippen LogP contribution is -2.47. The van der Waals surface area contributed by atoms with E-state index in [4.69, 9.17) is 9.47 Å². The van der Waals surface area contributed by atoms with Gasteiger partial charge in [0, 0.05) is 25.6 Å². The minimum Gasteiger partial charge on any atom is -0.484 e. The maximum Gasteiger partial charge on any atom is 0.306 e. The summed E-state index contributed by atoms with van der Waals surface area (Å²) in [5.74, 6) is 0.109. The molecule has 1 aliphatic rings. The van der Waals surface area contributed by atoms with Crippen molar-refractivity contribution in [3.8, 4) is 5.75 Å². The van der Waals surface area contributed by atoms with Crippen LogP contribution in [-0.4, -0.2) is 55.0 Å². The smallest absolute Gasteiger partial charge is 0.306 e. The molecule has 1 heterocycles. The van der Waals surface area contributed by atoms with E-state index in [1.165, 1.54) is 0 Å². The second-order valence-corrected chi connectivity index (χ2v) is 6.63. The van der Waals surface area contributed by atoms with Crippen LogP contribution < -0.4 is 10.1 Å². The largest absolute Gasteiger partial charge is 0.484 e. The molecule has 0 aromatic heterocycles. The lowest BCUT2D eigenvalue weighted by atomic mass is 10.0. The fraction of sp³-hybridized carbons (Fsp3) is 0.550. The van der Waals surface area contributed by atoms with Crippen LogP contribution >= 0.6 is 0 Å². The van der Waals surface area contributed by atoms with Crippen LogP contribution in [0.25, 0.3) is 0 Å². The van der Waals surface area contributed by atoms with E-state index in [1.807, 2.05) is 31.2 Å². The summed E-state index contributed by atoms with van der Waals surface area (Å²) < 4.78 is 10.3. The van der Waals surface area contributed by atoms with Crippen molar-refractivity contribution < 1.29 is 23.9 Å². The van der Waals surface area contributed by atoms with Crippen LogP contribution in [-0.2, 0) is 19.1 Å². The first kappa shape index (κ1) is 20.7. The highest BCUT2D eigenvalue weighted by Crippen LogP contribution is 2.14. The zero-order valence-electron chi connectivity index (χ0n) is 16.0. The number of rotatable bonds is 8. The lowest BCUT2D eigenvalue weighted by molar-refractivity contribution is -0.144. The number of piperidine rings is 1. The molecule has 1 N–H and O–H groups in total. The molecule has 7 nitrogen and oxygen atoms in total. The maximum atomic E-state index is 12.3. The second kappa shape index (κ2) is 10.5. The van der Waals surface area contributed by atoms with Gasteiger partial charge in [-0.05, 0) is 38.8 Å². The molecule has 1 aromatic rings. The normalized spacial score (nSPS) is 14.5. The Balaban J connectivity index is 1.65. The molecular weight excluding hydrogens is 348 g/mol. The van der Waals surface area contributed by atoms with Crippen molar-refractivity contribution in [1.82, 2.24) is 10.2 Å². The van der Waals surface area contributed by atoms with Gasteiger partial charge in [0.05, 0.1) is 13.0 Å². The molecule has 148 valence electrons. The number of benzene rings is 1. The number of ether oxygens (including phenoxy) is 2. The Morgan fingerprint density at radius 2 is 1.78 bits per heavy atom. The first-order chi connectivity index (χ1) is 13.0. The van der Waals surface area contributed by atoms with Crippen LogP contribution in [0, 0.1) is 6.92 Å². The molecule has 1 aliphatic heterocycles. The molecule has 1 aromatic carbocycles. The highest BCUT2D eigenvalue weighted by molar-refractivity contribution is 5.81. The minimum atomic E-state index is -0.360. The molecule has 0 radical (unpaired) electrons. The fourth-order valence-corrected chi connectivity index (χ4v) is 2.89. The van der Waals surface area contributed by atoms with Gasteiger partial charge in [-0.3, -0.25) is 14.4 Å². The molecule has 2 amide bonds. The highest BCUT2D eigenvalue weighted by Gasteiger charge is 2.24. The van der Waals surface area contributed by atoms with Crippen LogP contribution in [0.4, 0.5) is 0 Å². The third kappa shape index (κ3) is 7.29. The quantitative estimate of drug-likeness (QED) is 0.700. The third-order valence-corrected chi connectivity index (χ3v) is 4.46. The van der Waals surface area contributed by atoms with Gasteiger partial charge in [-0.25, -0.2) is 0 Å². The number of nitrogens with zero attached hydrogens (tertiary/aromatic N) is 1. The molecule has 27 heavy (non-hydrogen) atoms. The number of esters is 1. The van der Waals surface area contributed by atoms with Crippen molar-refractivity contribution in [2.24, 2.45) is 0 Å². The van der Waals surface area contributed by atoms with Gasteiger partial charge < -0.3 is 19.7 Å². The monoisotopic (exact) mass is 376 g/mol. The van der Waals surface area contributed by atoms with E-state index in [0.717, 1.165) is 5.56 Å². The van der Waals surface area contributed by atoms with Gasteiger partial charge in [0.2, 0.25) is 5.91 Å². The van der Waals surface area contributed by atoms with Crippen LogP contribution in [0.2, 0.25) is 0 Å². The van der Waals surface area contributed by atoms with Crippen molar-refractivity contribution in [3.05, 3.63) is 29.8 Å². The van der Waals surface area contributed by atoms with E-state index in [2.05, 4.69) is 5.32 Å². The van der Waals surface area contributed by atoms with Gasteiger partial charge in [-0.2, -0.15) is 0 Å². The Bertz CT molecular complexity index is 636. The van der Waals surface area contributed by atoms with Crippen molar-refractivity contribution in [1.29, 1.82) is 0 Å². The minimum absolute atomic E-state index is 0.0135. The Morgan fingerprint density at radius 1 is 1.11 bits per heavy atom. The van der Waals surface area contributed by atoms with Gasteiger partial charge in [-0.1, -0.05) is 17.7 Å². The fourth-order valence-electron chi connectivity index (χ4n) is 2.89. The summed E-state index contributed by atoms with van der Waals surface area (Å²) in [6, 6.07) is 7.61. The maximum absolute atomic E-state index is 12.3. The number of hydrogen-bond acceptors (Lipinski definition) is 5. The van der Waals surface area contributed by atoms with Crippen molar-refractivity contribution in [2.45, 2.75) is 45.6 Å². The van der Waals surface area contributed by atoms with Gasteiger partial charge in [0.15, 0.2) is 6.61 Å². The second-order valence-electron chi connectivity index (χ2n) is 6.63. The van der Waals surface area contributed by atoms with Crippen LogP contribution in [0.3, 0.4) is 0 Å². The van der Waals surface area contributed by atoms with Crippen molar-refractivity contribution in [2.75, 3.05) is 26.3 Å². The van der Waals surface area contributed by atoms with Gasteiger partial charge in [-0.15, -0.1) is 0 Å². The highest BCUT2D eigenvalue weighted by atomic mass is 16.5. The molecule has 0 spiro atoms. The molecule has 1 fully saturated rings. The zero-order chi connectivity index (χ0) is 19.6. The van der Waals surface area contributed by atoms with Gasteiger partial charge in [0.25, 0.3) is 5.91 Å². The summed E-state index contributed by atoms with van der Waals surface area (Å²) in [6.45, 7) is 5.23. The summed E-state index contributed by atoms with van der Waals surface area (Å²) >= 11 is 0. The molecule has 0 unspecified atom stereocenters. The topological polar surface area (TPSA) is 84.9 Å². The van der Waals surface area contributed by atoms with E-state index in [-0.39, 0.29) is 43.3 Å². The molecule has 0 saturated carbocycles. The number of hydrogen-bond donors (Lipinski definition) is 1. The average Bonchev–Trinajstić information content (AvgIpc) is 2.66. The van der Waals surface area contributed by atoms with E-state index in [9.17, 15) is 14.4 Å². The number of amides is 2.